The molecule has 1 aromatic carbocycles. The van der Waals surface area contributed by atoms with Gasteiger partial charge in [0.25, 0.3) is 5.91 Å². The molecule has 0 saturated carbocycles. The molecule has 0 spiro atoms. The van der Waals surface area contributed by atoms with Crippen LogP contribution in [0, 0.1) is 11.6 Å². The van der Waals surface area contributed by atoms with E-state index in [4.69, 9.17) is 4.74 Å². The van der Waals surface area contributed by atoms with Gasteiger partial charge in [-0.15, -0.1) is 11.3 Å². The fourth-order valence-electron chi connectivity index (χ4n) is 2.15. The van der Waals surface area contributed by atoms with Crippen LogP contribution in [-0.4, -0.2) is 22.4 Å². The van der Waals surface area contributed by atoms with Crippen LogP contribution in [0.15, 0.2) is 48.1 Å². The first-order valence-corrected chi connectivity index (χ1v) is 8.69. The number of rotatable bonds is 7. The number of carbonyl (C=O) groups excluding carboxylic acids is 1. The average Bonchev–Trinajstić information content (AvgIpc) is 3.11. The number of thiazole rings is 1. The van der Waals surface area contributed by atoms with Crippen molar-refractivity contribution in [2.45, 2.75) is 13.0 Å². The molecule has 0 atom stereocenters. The zero-order valence-corrected chi connectivity index (χ0v) is 14.4. The van der Waals surface area contributed by atoms with Crippen molar-refractivity contribution in [3.8, 4) is 5.75 Å². The van der Waals surface area contributed by atoms with Crippen molar-refractivity contribution in [1.82, 2.24) is 15.3 Å². The molecule has 0 aliphatic heterocycles. The molecule has 3 aromatic rings. The standard InChI is InChI=1S/C18H15F2N3O2S/c19-15-4-3-12(8-16(15)20)18(24)22-7-5-13-11-26-17(23-13)10-25-14-2-1-6-21-9-14/h1-4,6,8-9,11H,5,7,10H2,(H,22,24). The van der Waals surface area contributed by atoms with Crippen molar-refractivity contribution in [2.24, 2.45) is 0 Å². The van der Waals surface area contributed by atoms with E-state index in [1.807, 2.05) is 11.4 Å². The van der Waals surface area contributed by atoms with Crippen LogP contribution in [0.25, 0.3) is 0 Å². The summed E-state index contributed by atoms with van der Waals surface area (Å²) >= 11 is 1.47. The van der Waals surface area contributed by atoms with E-state index in [0.717, 1.165) is 22.8 Å². The summed E-state index contributed by atoms with van der Waals surface area (Å²) in [5, 5.41) is 5.37. The van der Waals surface area contributed by atoms with Gasteiger partial charge in [0.15, 0.2) is 11.6 Å². The predicted molar refractivity (Wildman–Crippen MR) is 93.1 cm³/mol. The number of nitrogens with one attached hydrogen (secondary N) is 1. The van der Waals surface area contributed by atoms with Gasteiger partial charge in [0.2, 0.25) is 0 Å². The van der Waals surface area contributed by atoms with Gasteiger partial charge in [0.1, 0.15) is 17.4 Å². The number of aromatic nitrogens is 2. The number of carbonyl (C=O) groups is 1. The molecule has 3 rings (SSSR count). The zero-order valence-electron chi connectivity index (χ0n) is 13.6. The molecule has 0 aliphatic carbocycles. The second-order valence-corrected chi connectivity index (χ2v) is 6.29. The van der Waals surface area contributed by atoms with Gasteiger partial charge in [-0.1, -0.05) is 0 Å². The lowest BCUT2D eigenvalue weighted by Gasteiger charge is -2.04. The third kappa shape index (κ3) is 4.82. The topological polar surface area (TPSA) is 64.1 Å². The van der Waals surface area contributed by atoms with Crippen molar-refractivity contribution in [3.05, 3.63) is 76.0 Å². The normalized spacial score (nSPS) is 10.5. The smallest absolute Gasteiger partial charge is 0.251 e. The van der Waals surface area contributed by atoms with Crippen LogP contribution in [0.4, 0.5) is 8.78 Å². The second kappa shape index (κ2) is 8.48. The van der Waals surface area contributed by atoms with Gasteiger partial charge >= 0.3 is 0 Å². The molecule has 8 heteroatoms. The van der Waals surface area contributed by atoms with E-state index in [1.54, 1.807) is 18.5 Å². The van der Waals surface area contributed by atoms with E-state index in [2.05, 4.69) is 15.3 Å². The van der Waals surface area contributed by atoms with Gasteiger partial charge in [0.05, 0.1) is 11.9 Å². The van der Waals surface area contributed by atoms with Crippen LogP contribution in [0.2, 0.25) is 0 Å². The lowest BCUT2D eigenvalue weighted by molar-refractivity contribution is 0.0953. The summed E-state index contributed by atoms with van der Waals surface area (Å²) in [6, 6.07) is 6.65. The quantitative estimate of drug-likeness (QED) is 0.688. The SMILES string of the molecule is O=C(NCCc1csc(COc2cccnc2)n1)c1ccc(F)c(F)c1. The van der Waals surface area contributed by atoms with Gasteiger partial charge < -0.3 is 10.1 Å². The van der Waals surface area contributed by atoms with Gasteiger partial charge in [-0.3, -0.25) is 9.78 Å². The second-order valence-electron chi connectivity index (χ2n) is 5.34. The Morgan fingerprint density at radius 3 is 2.88 bits per heavy atom. The lowest BCUT2D eigenvalue weighted by atomic mass is 10.2. The molecule has 26 heavy (non-hydrogen) atoms. The summed E-state index contributed by atoms with van der Waals surface area (Å²) in [5.41, 5.74) is 0.901. The number of pyridine rings is 1. The Labute approximate surface area is 152 Å². The molecule has 0 aliphatic rings. The Hall–Kier alpha value is -2.87. The maximum absolute atomic E-state index is 13.1. The van der Waals surface area contributed by atoms with E-state index in [0.29, 0.717) is 25.3 Å². The maximum atomic E-state index is 13.1. The highest BCUT2D eigenvalue weighted by Crippen LogP contribution is 2.14. The highest BCUT2D eigenvalue weighted by Gasteiger charge is 2.10. The Bertz CT molecular complexity index is 887. The van der Waals surface area contributed by atoms with Crippen LogP contribution in [0.1, 0.15) is 21.1 Å². The number of nitrogens with zero attached hydrogens (tertiary/aromatic N) is 2. The van der Waals surface area contributed by atoms with Gasteiger partial charge in [-0.25, -0.2) is 13.8 Å². The highest BCUT2D eigenvalue weighted by molar-refractivity contribution is 7.09. The summed E-state index contributed by atoms with van der Waals surface area (Å²) in [7, 11) is 0. The van der Waals surface area contributed by atoms with E-state index in [9.17, 15) is 13.6 Å². The largest absolute Gasteiger partial charge is 0.485 e. The van der Waals surface area contributed by atoms with E-state index < -0.39 is 17.5 Å². The zero-order chi connectivity index (χ0) is 18.4. The fraction of sp³-hybridized carbons (Fsp3) is 0.167. The Kier molecular flexibility index (Phi) is 5.85. The van der Waals surface area contributed by atoms with Gasteiger partial charge in [0, 0.05) is 30.1 Å². The van der Waals surface area contributed by atoms with Gasteiger partial charge in [-0.2, -0.15) is 0 Å². The van der Waals surface area contributed by atoms with Crippen LogP contribution in [0.5, 0.6) is 5.75 Å². The molecule has 0 saturated heterocycles. The number of halogens is 2. The fourth-order valence-corrected chi connectivity index (χ4v) is 2.89. The molecule has 5 nitrogen and oxygen atoms in total. The van der Waals surface area contributed by atoms with Crippen LogP contribution in [-0.2, 0) is 13.0 Å². The van der Waals surface area contributed by atoms with Crippen molar-refractivity contribution in [1.29, 1.82) is 0 Å². The molecule has 134 valence electrons. The summed E-state index contributed by atoms with van der Waals surface area (Å²) in [6.45, 7) is 0.683. The third-order valence-electron chi connectivity index (χ3n) is 3.44. The maximum Gasteiger partial charge on any atom is 0.251 e. The Balaban J connectivity index is 1.45. The number of hydrogen-bond acceptors (Lipinski definition) is 5. The number of amides is 1. The minimum absolute atomic E-state index is 0.0766. The molecular formula is C18H15F2N3O2S. The van der Waals surface area contributed by atoms with E-state index >= 15 is 0 Å². The highest BCUT2D eigenvalue weighted by atomic mass is 32.1. The minimum atomic E-state index is -1.05. The average molecular weight is 375 g/mol. The minimum Gasteiger partial charge on any atom is -0.485 e. The lowest BCUT2D eigenvalue weighted by Crippen LogP contribution is -2.25. The molecule has 2 heterocycles. The van der Waals surface area contributed by atoms with Crippen molar-refractivity contribution < 1.29 is 18.3 Å². The molecule has 0 bridgehead atoms. The summed E-state index contributed by atoms with van der Waals surface area (Å²) in [6.07, 6.45) is 3.82. The first-order chi connectivity index (χ1) is 12.6. The predicted octanol–water partition coefficient (Wildman–Crippen LogP) is 3.37. The van der Waals surface area contributed by atoms with Gasteiger partial charge in [-0.05, 0) is 30.3 Å². The third-order valence-corrected chi connectivity index (χ3v) is 4.32. The van der Waals surface area contributed by atoms with Crippen molar-refractivity contribution >= 4 is 17.2 Å². The van der Waals surface area contributed by atoms with Crippen LogP contribution in [0.3, 0.4) is 0 Å². The number of hydrogen-bond donors (Lipinski definition) is 1. The molecule has 1 N–H and O–H groups in total. The molecule has 1 amide bonds. The van der Waals surface area contributed by atoms with Crippen molar-refractivity contribution in [2.75, 3.05) is 6.54 Å². The van der Waals surface area contributed by atoms with Crippen LogP contribution >= 0.6 is 11.3 Å². The van der Waals surface area contributed by atoms with E-state index in [-0.39, 0.29) is 5.56 Å². The number of ether oxygens (including phenoxy) is 1. The first-order valence-electron chi connectivity index (χ1n) is 7.81. The molecule has 0 radical (unpaired) electrons. The molecule has 0 unspecified atom stereocenters. The molecule has 0 fully saturated rings. The summed E-state index contributed by atoms with van der Waals surface area (Å²) in [5.74, 6) is -1.82. The van der Waals surface area contributed by atoms with Crippen LogP contribution < -0.4 is 10.1 Å². The molecule has 2 aromatic heterocycles. The van der Waals surface area contributed by atoms with Crippen molar-refractivity contribution in [3.63, 3.8) is 0 Å². The number of benzene rings is 1. The Morgan fingerprint density at radius 2 is 2.12 bits per heavy atom. The van der Waals surface area contributed by atoms with E-state index in [1.165, 1.54) is 17.4 Å². The summed E-state index contributed by atoms with van der Waals surface area (Å²) < 4.78 is 31.6. The Morgan fingerprint density at radius 1 is 1.23 bits per heavy atom. The summed E-state index contributed by atoms with van der Waals surface area (Å²) in [4.78, 5) is 20.3. The monoisotopic (exact) mass is 375 g/mol. The first kappa shape index (κ1) is 17.9. The molecular weight excluding hydrogens is 360 g/mol.